The molecule has 0 spiro atoms. The zero-order valence-corrected chi connectivity index (χ0v) is 14.2. The first-order valence-corrected chi connectivity index (χ1v) is 8.36. The molecular formula is C18H26N4O. The van der Waals surface area contributed by atoms with Gasteiger partial charge in [0.05, 0.1) is 5.52 Å². The van der Waals surface area contributed by atoms with Crippen LogP contribution in [0.1, 0.15) is 13.3 Å². The SMILES string of the molecule is CCn1ccc2ccc(NC(=O)N3CC[C@@H](CN(C)C)C3)cc21. The molecule has 1 fully saturated rings. The molecule has 1 N–H and O–H groups in total. The molecule has 2 heterocycles. The molecule has 2 amide bonds. The number of nitrogens with zero attached hydrogens (tertiary/aromatic N) is 3. The predicted molar refractivity (Wildman–Crippen MR) is 94.9 cm³/mol. The lowest BCUT2D eigenvalue weighted by molar-refractivity contribution is 0.219. The molecule has 1 aromatic heterocycles. The van der Waals surface area contributed by atoms with Gasteiger partial charge in [-0.25, -0.2) is 4.79 Å². The molecule has 0 aliphatic carbocycles. The first-order valence-electron chi connectivity index (χ1n) is 8.36. The number of fused-ring (bicyclic) bond motifs is 1. The fourth-order valence-electron chi connectivity index (χ4n) is 3.42. The van der Waals surface area contributed by atoms with E-state index in [-0.39, 0.29) is 6.03 Å². The Morgan fingerprint density at radius 1 is 1.35 bits per heavy atom. The topological polar surface area (TPSA) is 40.5 Å². The van der Waals surface area contributed by atoms with Gasteiger partial charge in [0.15, 0.2) is 0 Å². The van der Waals surface area contributed by atoms with Gasteiger partial charge in [-0.2, -0.15) is 0 Å². The number of urea groups is 1. The normalized spacial score (nSPS) is 18.1. The van der Waals surface area contributed by atoms with E-state index < -0.39 is 0 Å². The first-order chi connectivity index (χ1) is 11.1. The van der Waals surface area contributed by atoms with E-state index in [9.17, 15) is 4.79 Å². The highest BCUT2D eigenvalue weighted by atomic mass is 16.2. The van der Waals surface area contributed by atoms with Gasteiger partial charge in [-0.3, -0.25) is 0 Å². The van der Waals surface area contributed by atoms with Crippen molar-refractivity contribution in [2.24, 2.45) is 5.92 Å². The molecule has 1 atom stereocenters. The van der Waals surface area contributed by atoms with E-state index in [0.29, 0.717) is 5.92 Å². The Labute approximate surface area is 137 Å². The highest BCUT2D eigenvalue weighted by Gasteiger charge is 2.26. The van der Waals surface area contributed by atoms with Crippen LogP contribution < -0.4 is 5.32 Å². The summed E-state index contributed by atoms with van der Waals surface area (Å²) in [6.07, 6.45) is 3.17. The Bertz CT molecular complexity index is 691. The Hall–Kier alpha value is -2.01. The van der Waals surface area contributed by atoms with E-state index in [4.69, 9.17) is 0 Å². The summed E-state index contributed by atoms with van der Waals surface area (Å²) in [7, 11) is 4.17. The maximum absolute atomic E-state index is 12.5. The maximum atomic E-state index is 12.5. The maximum Gasteiger partial charge on any atom is 0.321 e. The molecule has 1 saturated heterocycles. The molecule has 0 bridgehead atoms. The fraction of sp³-hybridized carbons (Fsp3) is 0.500. The average Bonchev–Trinajstić information content (AvgIpc) is 3.12. The first kappa shape index (κ1) is 15.9. The highest BCUT2D eigenvalue weighted by Crippen LogP contribution is 2.22. The van der Waals surface area contributed by atoms with Crippen molar-refractivity contribution in [1.29, 1.82) is 0 Å². The van der Waals surface area contributed by atoms with E-state index in [1.54, 1.807) is 0 Å². The number of likely N-dealkylation sites (tertiary alicyclic amines) is 1. The summed E-state index contributed by atoms with van der Waals surface area (Å²) in [5.74, 6) is 0.579. The Morgan fingerprint density at radius 3 is 2.91 bits per heavy atom. The van der Waals surface area contributed by atoms with Gasteiger partial charge in [-0.05, 0) is 56.9 Å². The summed E-state index contributed by atoms with van der Waals surface area (Å²) in [4.78, 5) is 16.6. The van der Waals surface area contributed by atoms with Crippen molar-refractivity contribution in [2.45, 2.75) is 19.9 Å². The van der Waals surface area contributed by atoms with Gasteiger partial charge in [0, 0.05) is 38.1 Å². The highest BCUT2D eigenvalue weighted by molar-refractivity contribution is 5.93. The average molecular weight is 314 g/mol. The quantitative estimate of drug-likeness (QED) is 0.942. The zero-order valence-electron chi connectivity index (χ0n) is 14.2. The van der Waals surface area contributed by atoms with E-state index in [2.05, 4.69) is 60.2 Å². The Balaban J connectivity index is 1.66. The summed E-state index contributed by atoms with van der Waals surface area (Å²) in [5.41, 5.74) is 2.03. The monoisotopic (exact) mass is 314 g/mol. The third kappa shape index (κ3) is 3.50. The lowest BCUT2D eigenvalue weighted by atomic mass is 10.1. The molecular weight excluding hydrogens is 288 g/mol. The Kier molecular flexibility index (Phi) is 4.57. The number of anilines is 1. The van der Waals surface area contributed by atoms with E-state index in [0.717, 1.165) is 43.8 Å². The molecule has 5 nitrogen and oxygen atoms in total. The molecule has 0 radical (unpaired) electrons. The number of amides is 2. The summed E-state index contributed by atoms with van der Waals surface area (Å²) in [6, 6.07) is 8.23. The van der Waals surface area contributed by atoms with Crippen molar-refractivity contribution in [2.75, 3.05) is 39.0 Å². The van der Waals surface area contributed by atoms with Gasteiger partial charge in [0.1, 0.15) is 0 Å². The number of nitrogens with one attached hydrogen (secondary N) is 1. The van der Waals surface area contributed by atoms with Crippen LogP contribution in [0.2, 0.25) is 0 Å². The van der Waals surface area contributed by atoms with Gasteiger partial charge in [-0.1, -0.05) is 6.07 Å². The van der Waals surface area contributed by atoms with E-state index in [1.165, 1.54) is 5.39 Å². The molecule has 3 rings (SSSR count). The minimum Gasteiger partial charge on any atom is -0.348 e. The van der Waals surface area contributed by atoms with Crippen LogP contribution >= 0.6 is 0 Å². The smallest absolute Gasteiger partial charge is 0.321 e. The number of carbonyl (C=O) groups excluding carboxylic acids is 1. The van der Waals surface area contributed by atoms with Crippen LogP contribution in [0, 0.1) is 5.92 Å². The molecule has 0 saturated carbocycles. The lowest BCUT2D eigenvalue weighted by Gasteiger charge is -2.19. The van der Waals surface area contributed by atoms with Crippen LogP contribution in [-0.4, -0.2) is 54.1 Å². The number of hydrogen-bond acceptors (Lipinski definition) is 2. The van der Waals surface area contributed by atoms with Gasteiger partial charge < -0.3 is 19.7 Å². The third-order valence-corrected chi connectivity index (χ3v) is 4.56. The van der Waals surface area contributed by atoms with Crippen molar-refractivity contribution < 1.29 is 4.79 Å². The minimum atomic E-state index is 0.0141. The van der Waals surface area contributed by atoms with E-state index in [1.807, 2.05) is 11.0 Å². The molecule has 0 unspecified atom stereocenters. The second-order valence-electron chi connectivity index (χ2n) is 6.67. The van der Waals surface area contributed by atoms with Gasteiger partial charge >= 0.3 is 6.03 Å². The van der Waals surface area contributed by atoms with Crippen molar-refractivity contribution in [3.05, 3.63) is 30.5 Å². The van der Waals surface area contributed by atoms with Gasteiger partial charge in [-0.15, -0.1) is 0 Å². The molecule has 5 heteroatoms. The molecule has 124 valence electrons. The van der Waals surface area contributed by atoms with Crippen molar-refractivity contribution in [3.63, 3.8) is 0 Å². The standard InChI is InChI=1S/C18H26N4O/c1-4-21-10-8-15-5-6-16(11-17(15)21)19-18(23)22-9-7-14(13-22)12-20(2)3/h5-6,8,10-11,14H,4,7,9,12-13H2,1-3H3,(H,19,23)/t14-/m0/s1. The fourth-order valence-corrected chi connectivity index (χ4v) is 3.42. The predicted octanol–water partition coefficient (Wildman–Crippen LogP) is 3.08. The van der Waals surface area contributed by atoms with Crippen LogP contribution in [-0.2, 0) is 6.54 Å². The van der Waals surface area contributed by atoms with Crippen molar-refractivity contribution >= 4 is 22.6 Å². The summed E-state index contributed by atoms with van der Waals surface area (Å²) in [5, 5.41) is 4.26. The molecule has 1 aliphatic rings. The van der Waals surface area contributed by atoms with Gasteiger partial charge in [0.25, 0.3) is 0 Å². The van der Waals surface area contributed by atoms with E-state index >= 15 is 0 Å². The van der Waals surface area contributed by atoms with Gasteiger partial charge in [0.2, 0.25) is 0 Å². The Morgan fingerprint density at radius 2 is 2.17 bits per heavy atom. The van der Waals surface area contributed by atoms with Crippen molar-refractivity contribution in [1.82, 2.24) is 14.4 Å². The van der Waals surface area contributed by atoms with Crippen LogP contribution in [0.5, 0.6) is 0 Å². The largest absolute Gasteiger partial charge is 0.348 e. The zero-order chi connectivity index (χ0) is 16.4. The summed E-state index contributed by atoms with van der Waals surface area (Å²) >= 11 is 0. The summed E-state index contributed by atoms with van der Waals surface area (Å²) < 4.78 is 2.19. The van der Waals surface area contributed by atoms with Crippen LogP contribution in [0.3, 0.4) is 0 Å². The second kappa shape index (κ2) is 6.62. The van der Waals surface area contributed by atoms with Crippen LogP contribution in [0.15, 0.2) is 30.5 Å². The lowest BCUT2D eigenvalue weighted by Crippen LogP contribution is -2.34. The summed E-state index contributed by atoms with van der Waals surface area (Å²) in [6.45, 7) is 5.79. The minimum absolute atomic E-state index is 0.0141. The number of rotatable bonds is 4. The molecule has 1 aromatic carbocycles. The molecule has 2 aromatic rings. The molecule has 1 aliphatic heterocycles. The van der Waals surface area contributed by atoms with Crippen LogP contribution in [0.25, 0.3) is 10.9 Å². The molecule has 23 heavy (non-hydrogen) atoms. The number of carbonyl (C=O) groups is 1. The van der Waals surface area contributed by atoms with Crippen molar-refractivity contribution in [3.8, 4) is 0 Å². The number of benzene rings is 1. The third-order valence-electron chi connectivity index (χ3n) is 4.56. The number of aromatic nitrogens is 1. The van der Waals surface area contributed by atoms with Crippen LogP contribution in [0.4, 0.5) is 10.5 Å². The number of aryl methyl sites for hydroxylation is 1. The second-order valence-corrected chi connectivity index (χ2v) is 6.67. The number of hydrogen-bond donors (Lipinski definition) is 1.